The summed E-state index contributed by atoms with van der Waals surface area (Å²) < 4.78 is 5.34. The van der Waals surface area contributed by atoms with Gasteiger partial charge >= 0.3 is 0 Å². The number of nitrogens with zero attached hydrogens (tertiary/aromatic N) is 4. The van der Waals surface area contributed by atoms with E-state index in [0.29, 0.717) is 0 Å². The van der Waals surface area contributed by atoms with E-state index in [1.54, 1.807) is 0 Å². The van der Waals surface area contributed by atoms with Crippen LogP contribution < -0.4 is 0 Å². The Morgan fingerprint density at radius 2 is 1.85 bits per heavy atom. The number of aryl methyl sites for hydroxylation is 2. The van der Waals surface area contributed by atoms with Gasteiger partial charge in [0.25, 0.3) is 0 Å². The zero-order valence-electron chi connectivity index (χ0n) is 11.9. The van der Waals surface area contributed by atoms with E-state index in [1.165, 1.54) is 20.2 Å². The standard InChI is InChI=1S/C15H17IN4/c1-4-19-14-8-6-5-7-12(14)13(18-19)9-20-11(3)15(16)10(2)17-20/h5-8H,4,9H2,1-3H3. The molecule has 0 saturated carbocycles. The molecule has 0 radical (unpaired) electrons. The van der Waals surface area contributed by atoms with E-state index in [-0.39, 0.29) is 0 Å². The number of aromatic nitrogens is 4. The van der Waals surface area contributed by atoms with Crippen molar-refractivity contribution >= 4 is 33.5 Å². The molecule has 0 saturated heterocycles. The fourth-order valence-corrected chi connectivity index (χ4v) is 2.91. The van der Waals surface area contributed by atoms with Crippen LogP contribution in [0.2, 0.25) is 0 Å². The molecule has 3 rings (SSSR count). The molecule has 104 valence electrons. The Labute approximate surface area is 131 Å². The maximum Gasteiger partial charge on any atom is 0.0918 e. The summed E-state index contributed by atoms with van der Waals surface area (Å²) in [6.07, 6.45) is 0. The Morgan fingerprint density at radius 3 is 2.50 bits per heavy atom. The van der Waals surface area contributed by atoms with Crippen LogP contribution in [0, 0.1) is 17.4 Å². The van der Waals surface area contributed by atoms with Gasteiger partial charge in [-0.05, 0) is 49.4 Å². The quantitative estimate of drug-likeness (QED) is 0.652. The van der Waals surface area contributed by atoms with Crippen LogP contribution in [0.4, 0.5) is 0 Å². The molecule has 2 aromatic heterocycles. The predicted octanol–water partition coefficient (Wildman–Crippen LogP) is 3.52. The molecule has 0 fully saturated rings. The van der Waals surface area contributed by atoms with Crippen LogP contribution in [0.5, 0.6) is 0 Å². The Hall–Kier alpha value is -1.37. The highest BCUT2D eigenvalue weighted by Gasteiger charge is 2.13. The predicted molar refractivity (Wildman–Crippen MR) is 88.9 cm³/mol. The van der Waals surface area contributed by atoms with Crippen molar-refractivity contribution in [3.05, 3.63) is 44.9 Å². The van der Waals surface area contributed by atoms with Gasteiger partial charge in [-0.3, -0.25) is 9.36 Å². The first-order chi connectivity index (χ1) is 9.61. The Bertz CT molecular complexity index is 770. The maximum absolute atomic E-state index is 4.74. The third-order valence-electron chi connectivity index (χ3n) is 3.63. The van der Waals surface area contributed by atoms with Gasteiger partial charge in [-0.1, -0.05) is 18.2 Å². The molecule has 4 nitrogen and oxygen atoms in total. The number of fused-ring (bicyclic) bond motifs is 1. The largest absolute Gasteiger partial charge is 0.265 e. The van der Waals surface area contributed by atoms with Crippen molar-refractivity contribution in [3.63, 3.8) is 0 Å². The zero-order valence-corrected chi connectivity index (χ0v) is 14.0. The number of para-hydroxylation sites is 1. The summed E-state index contributed by atoms with van der Waals surface area (Å²) in [7, 11) is 0. The molecule has 5 heteroatoms. The first-order valence-electron chi connectivity index (χ1n) is 6.75. The van der Waals surface area contributed by atoms with Gasteiger partial charge in [-0.25, -0.2) is 0 Å². The SMILES string of the molecule is CCn1nc(Cn2nc(C)c(I)c2C)c2ccccc21. The molecular formula is C15H17IN4. The van der Waals surface area contributed by atoms with Gasteiger partial charge in [0.2, 0.25) is 0 Å². The number of hydrogen-bond donors (Lipinski definition) is 0. The van der Waals surface area contributed by atoms with Crippen LogP contribution in [0.3, 0.4) is 0 Å². The molecule has 0 aliphatic rings. The van der Waals surface area contributed by atoms with Crippen molar-refractivity contribution in [3.8, 4) is 0 Å². The lowest BCUT2D eigenvalue weighted by Gasteiger charge is -2.02. The lowest BCUT2D eigenvalue weighted by molar-refractivity contribution is 0.615. The van der Waals surface area contributed by atoms with E-state index in [4.69, 9.17) is 5.10 Å². The molecule has 0 spiro atoms. The van der Waals surface area contributed by atoms with Crippen LogP contribution in [-0.4, -0.2) is 19.6 Å². The van der Waals surface area contributed by atoms with Crippen molar-refractivity contribution in [2.75, 3.05) is 0 Å². The van der Waals surface area contributed by atoms with E-state index in [2.05, 4.69) is 70.5 Å². The summed E-state index contributed by atoms with van der Waals surface area (Å²) in [5.74, 6) is 0. The number of hydrogen-bond acceptors (Lipinski definition) is 2. The second kappa shape index (κ2) is 5.20. The number of halogens is 1. The summed E-state index contributed by atoms with van der Waals surface area (Å²) in [6, 6.07) is 8.39. The first kappa shape index (κ1) is 13.6. The first-order valence-corrected chi connectivity index (χ1v) is 7.83. The van der Waals surface area contributed by atoms with E-state index in [9.17, 15) is 0 Å². The van der Waals surface area contributed by atoms with E-state index >= 15 is 0 Å². The zero-order chi connectivity index (χ0) is 14.3. The van der Waals surface area contributed by atoms with E-state index < -0.39 is 0 Å². The average Bonchev–Trinajstić information content (AvgIpc) is 2.93. The minimum atomic E-state index is 0.725. The second-order valence-corrected chi connectivity index (χ2v) is 6.00. The highest BCUT2D eigenvalue weighted by molar-refractivity contribution is 14.1. The monoisotopic (exact) mass is 380 g/mol. The molecular weight excluding hydrogens is 363 g/mol. The topological polar surface area (TPSA) is 35.6 Å². The van der Waals surface area contributed by atoms with E-state index in [0.717, 1.165) is 24.5 Å². The highest BCUT2D eigenvalue weighted by atomic mass is 127. The molecule has 0 atom stereocenters. The molecule has 0 unspecified atom stereocenters. The molecule has 2 heterocycles. The number of benzene rings is 1. The molecule has 0 N–H and O–H groups in total. The highest BCUT2D eigenvalue weighted by Crippen LogP contribution is 2.21. The summed E-state index contributed by atoms with van der Waals surface area (Å²) in [5, 5.41) is 10.6. The van der Waals surface area contributed by atoms with Crippen molar-refractivity contribution in [2.24, 2.45) is 0 Å². The van der Waals surface area contributed by atoms with Crippen molar-refractivity contribution in [1.82, 2.24) is 19.6 Å². The lowest BCUT2D eigenvalue weighted by Crippen LogP contribution is -2.06. The van der Waals surface area contributed by atoms with Gasteiger partial charge in [0.15, 0.2) is 0 Å². The maximum atomic E-state index is 4.74. The molecule has 0 aliphatic carbocycles. The van der Waals surface area contributed by atoms with Crippen LogP contribution >= 0.6 is 22.6 Å². The van der Waals surface area contributed by atoms with Crippen LogP contribution in [0.1, 0.15) is 24.0 Å². The minimum Gasteiger partial charge on any atom is -0.265 e. The summed E-state index contributed by atoms with van der Waals surface area (Å²) >= 11 is 2.35. The average molecular weight is 380 g/mol. The third kappa shape index (κ3) is 2.13. The van der Waals surface area contributed by atoms with Crippen LogP contribution in [0.25, 0.3) is 10.9 Å². The fraction of sp³-hybridized carbons (Fsp3) is 0.333. The van der Waals surface area contributed by atoms with Gasteiger partial charge in [-0.15, -0.1) is 0 Å². The van der Waals surface area contributed by atoms with Crippen LogP contribution in [-0.2, 0) is 13.1 Å². The van der Waals surface area contributed by atoms with Crippen LogP contribution in [0.15, 0.2) is 24.3 Å². The summed E-state index contributed by atoms with van der Waals surface area (Å²) in [4.78, 5) is 0. The fourth-order valence-electron chi connectivity index (χ4n) is 2.52. The van der Waals surface area contributed by atoms with E-state index in [1.807, 2.05) is 11.6 Å². The lowest BCUT2D eigenvalue weighted by atomic mass is 10.2. The van der Waals surface area contributed by atoms with Crippen molar-refractivity contribution < 1.29 is 0 Å². The van der Waals surface area contributed by atoms with Gasteiger partial charge in [-0.2, -0.15) is 10.2 Å². The second-order valence-electron chi connectivity index (χ2n) is 4.92. The van der Waals surface area contributed by atoms with Gasteiger partial charge in [0.05, 0.1) is 27.0 Å². The normalized spacial score (nSPS) is 11.4. The van der Waals surface area contributed by atoms with Gasteiger partial charge in [0, 0.05) is 17.6 Å². The van der Waals surface area contributed by atoms with Crippen molar-refractivity contribution in [2.45, 2.75) is 33.9 Å². The molecule has 0 aliphatic heterocycles. The summed E-state index contributed by atoms with van der Waals surface area (Å²) in [5.41, 5.74) is 4.58. The Balaban J connectivity index is 2.09. The van der Waals surface area contributed by atoms with Gasteiger partial charge in [0.1, 0.15) is 0 Å². The van der Waals surface area contributed by atoms with Crippen molar-refractivity contribution in [1.29, 1.82) is 0 Å². The summed E-state index contributed by atoms with van der Waals surface area (Å²) in [6.45, 7) is 7.89. The molecule has 20 heavy (non-hydrogen) atoms. The Morgan fingerprint density at radius 1 is 1.10 bits per heavy atom. The smallest absolute Gasteiger partial charge is 0.0918 e. The molecule has 0 amide bonds. The van der Waals surface area contributed by atoms with Gasteiger partial charge < -0.3 is 0 Å². The molecule has 3 aromatic rings. The minimum absolute atomic E-state index is 0.725. The third-order valence-corrected chi connectivity index (χ3v) is 5.19. The number of rotatable bonds is 3. The molecule has 1 aromatic carbocycles. The molecule has 0 bridgehead atoms. The Kier molecular flexibility index (Phi) is 3.54.